The Balaban J connectivity index is 1.85. The Morgan fingerprint density at radius 2 is 2.04 bits per heavy atom. The fraction of sp³-hybridized carbons (Fsp3) is 0.500. The zero-order valence-corrected chi connectivity index (χ0v) is 13.2. The number of imidazole rings is 1. The number of anilines is 2. The molecule has 2 aliphatic heterocycles. The average Bonchev–Trinajstić information content (AvgIpc) is 3.08. The second-order valence-electron chi connectivity index (χ2n) is 6.27. The van der Waals surface area contributed by atoms with E-state index in [0.717, 1.165) is 43.0 Å². The zero-order chi connectivity index (χ0) is 15.8. The third kappa shape index (κ3) is 2.56. The van der Waals surface area contributed by atoms with Crippen molar-refractivity contribution < 1.29 is 4.79 Å². The Bertz CT molecular complexity index is 720. The molecule has 23 heavy (non-hydrogen) atoms. The molecule has 2 aromatic rings. The van der Waals surface area contributed by atoms with Gasteiger partial charge in [-0.25, -0.2) is 9.97 Å². The van der Waals surface area contributed by atoms with E-state index in [2.05, 4.69) is 25.2 Å². The van der Waals surface area contributed by atoms with Crippen LogP contribution in [0.25, 0.3) is 11.5 Å². The molecule has 120 valence electrons. The number of rotatable bonds is 2. The van der Waals surface area contributed by atoms with Crippen molar-refractivity contribution in [3.05, 3.63) is 18.0 Å². The second kappa shape index (κ2) is 5.64. The molecule has 0 spiro atoms. The van der Waals surface area contributed by atoms with Gasteiger partial charge in [-0.05, 0) is 25.2 Å². The molecule has 2 aliphatic rings. The molecule has 0 bridgehead atoms. The van der Waals surface area contributed by atoms with Crippen molar-refractivity contribution in [1.82, 2.24) is 19.9 Å². The van der Waals surface area contributed by atoms with E-state index in [0.29, 0.717) is 18.2 Å². The smallest absolute Gasteiger partial charge is 0.228 e. The zero-order valence-electron chi connectivity index (χ0n) is 13.2. The number of carbonyl (C=O) groups excluding carboxylic acids is 1. The summed E-state index contributed by atoms with van der Waals surface area (Å²) in [6.07, 6.45) is 7.51. The Morgan fingerprint density at radius 1 is 1.22 bits per heavy atom. The lowest BCUT2D eigenvalue weighted by Crippen LogP contribution is -2.32. The largest absolute Gasteiger partial charge is 0.343 e. The van der Waals surface area contributed by atoms with Gasteiger partial charge in [0.05, 0.1) is 0 Å². The van der Waals surface area contributed by atoms with Gasteiger partial charge in [0.25, 0.3) is 0 Å². The van der Waals surface area contributed by atoms with Crippen LogP contribution in [0, 0.1) is 0 Å². The number of hydrogen-bond acceptors (Lipinski definition) is 5. The number of nitrogens with zero attached hydrogens (tertiary/aromatic N) is 4. The summed E-state index contributed by atoms with van der Waals surface area (Å²) in [5, 5.41) is 2.91. The lowest BCUT2D eigenvalue weighted by molar-refractivity contribution is -0.116. The standard InChI is InChI=1S/C16H20N6O/c1-10-9-11(23)19-14-12(10)13(15-17-5-6-18-15)20-16(21-14)22-7-3-2-4-8-22/h5-6,10H,2-4,7-9H2,1H3,(H,17,18)(H,19,20,21,23). The minimum absolute atomic E-state index is 0.0127. The van der Waals surface area contributed by atoms with Crippen LogP contribution in [0.1, 0.15) is 44.1 Å². The fourth-order valence-electron chi connectivity index (χ4n) is 3.39. The molecule has 1 saturated heterocycles. The molecular weight excluding hydrogens is 292 g/mol. The summed E-state index contributed by atoms with van der Waals surface area (Å²) in [6.45, 7) is 3.95. The molecule has 4 heterocycles. The molecule has 1 unspecified atom stereocenters. The van der Waals surface area contributed by atoms with Crippen LogP contribution in [0.5, 0.6) is 0 Å². The van der Waals surface area contributed by atoms with E-state index in [1.165, 1.54) is 6.42 Å². The highest BCUT2D eigenvalue weighted by Crippen LogP contribution is 2.37. The summed E-state index contributed by atoms with van der Waals surface area (Å²) in [7, 11) is 0. The molecule has 7 nitrogen and oxygen atoms in total. The highest BCUT2D eigenvalue weighted by atomic mass is 16.1. The summed E-state index contributed by atoms with van der Waals surface area (Å²) in [5.41, 5.74) is 1.77. The van der Waals surface area contributed by atoms with Crippen molar-refractivity contribution >= 4 is 17.7 Å². The minimum atomic E-state index is 0.0127. The molecule has 0 radical (unpaired) electrons. The molecule has 1 fully saturated rings. The summed E-state index contributed by atoms with van der Waals surface area (Å²) in [6, 6.07) is 0. The van der Waals surface area contributed by atoms with E-state index >= 15 is 0 Å². The molecule has 0 aliphatic carbocycles. The summed E-state index contributed by atoms with van der Waals surface area (Å²) in [4.78, 5) is 31.0. The fourth-order valence-corrected chi connectivity index (χ4v) is 3.39. The normalized spacial score (nSPS) is 21.0. The number of hydrogen-bond donors (Lipinski definition) is 2. The van der Waals surface area contributed by atoms with E-state index < -0.39 is 0 Å². The molecule has 1 amide bonds. The molecule has 0 saturated carbocycles. The van der Waals surface area contributed by atoms with Crippen molar-refractivity contribution in [1.29, 1.82) is 0 Å². The maximum absolute atomic E-state index is 11.9. The van der Waals surface area contributed by atoms with Crippen LogP contribution in [-0.2, 0) is 4.79 Å². The molecular formula is C16H20N6O. The van der Waals surface area contributed by atoms with Gasteiger partial charge in [-0.3, -0.25) is 4.79 Å². The minimum Gasteiger partial charge on any atom is -0.343 e. The highest BCUT2D eigenvalue weighted by Gasteiger charge is 2.30. The summed E-state index contributed by atoms with van der Waals surface area (Å²) >= 11 is 0. The molecule has 2 N–H and O–H groups in total. The highest BCUT2D eigenvalue weighted by molar-refractivity contribution is 5.95. The molecule has 4 rings (SSSR count). The predicted molar refractivity (Wildman–Crippen MR) is 87.3 cm³/mol. The van der Waals surface area contributed by atoms with Gasteiger partial charge in [0, 0.05) is 37.5 Å². The van der Waals surface area contributed by atoms with Crippen LogP contribution in [0.2, 0.25) is 0 Å². The number of amides is 1. The summed E-state index contributed by atoms with van der Waals surface area (Å²) < 4.78 is 0. The van der Waals surface area contributed by atoms with E-state index in [-0.39, 0.29) is 11.8 Å². The van der Waals surface area contributed by atoms with E-state index in [1.807, 2.05) is 6.92 Å². The van der Waals surface area contributed by atoms with Crippen LogP contribution in [0.15, 0.2) is 12.4 Å². The van der Waals surface area contributed by atoms with Crippen LogP contribution in [0.4, 0.5) is 11.8 Å². The van der Waals surface area contributed by atoms with Gasteiger partial charge < -0.3 is 15.2 Å². The van der Waals surface area contributed by atoms with Gasteiger partial charge in [-0.15, -0.1) is 0 Å². The number of fused-ring (bicyclic) bond motifs is 1. The third-order valence-corrected chi connectivity index (χ3v) is 4.54. The molecule has 2 aromatic heterocycles. The van der Waals surface area contributed by atoms with Crippen molar-refractivity contribution in [2.24, 2.45) is 0 Å². The number of piperidine rings is 1. The topological polar surface area (TPSA) is 86.8 Å². The third-order valence-electron chi connectivity index (χ3n) is 4.54. The number of aromatic nitrogens is 4. The molecule has 0 aromatic carbocycles. The number of carbonyl (C=O) groups is 1. The quantitative estimate of drug-likeness (QED) is 0.888. The van der Waals surface area contributed by atoms with Gasteiger partial charge in [-0.1, -0.05) is 6.92 Å². The van der Waals surface area contributed by atoms with Crippen LogP contribution in [0.3, 0.4) is 0 Å². The van der Waals surface area contributed by atoms with E-state index in [9.17, 15) is 4.79 Å². The van der Waals surface area contributed by atoms with Crippen LogP contribution < -0.4 is 10.2 Å². The lowest BCUT2D eigenvalue weighted by atomic mass is 9.92. The first-order valence-electron chi connectivity index (χ1n) is 8.19. The maximum atomic E-state index is 11.9. The Hall–Kier alpha value is -2.44. The Morgan fingerprint density at radius 3 is 2.78 bits per heavy atom. The van der Waals surface area contributed by atoms with Gasteiger partial charge in [0.2, 0.25) is 11.9 Å². The van der Waals surface area contributed by atoms with Gasteiger partial charge in [-0.2, -0.15) is 4.98 Å². The maximum Gasteiger partial charge on any atom is 0.228 e. The van der Waals surface area contributed by atoms with E-state index in [4.69, 9.17) is 4.98 Å². The first-order chi connectivity index (χ1) is 11.2. The first-order valence-corrected chi connectivity index (χ1v) is 8.19. The Labute approximate surface area is 134 Å². The number of nitrogens with one attached hydrogen (secondary N) is 2. The monoisotopic (exact) mass is 312 g/mol. The SMILES string of the molecule is CC1CC(=O)Nc2nc(N3CCCCC3)nc(-c3ncc[nH]3)c21. The number of aromatic amines is 1. The first kappa shape index (κ1) is 14.2. The van der Waals surface area contributed by atoms with E-state index in [1.54, 1.807) is 12.4 Å². The lowest BCUT2D eigenvalue weighted by Gasteiger charge is -2.30. The number of H-pyrrole nitrogens is 1. The molecule has 1 atom stereocenters. The predicted octanol–water partition coefficient (Wildman–Crippen LogP) is 2.30. The van der Waals surface area contributed by atoms with Crippen molar-refractivity contribution in [2.75, 3.05) is 23.3 Å². The average molecular weight is 312 g/mol. The molecule has 7 heteroatoms. The van der Waals surface area contributed by atoms with Crippen LogP contribution in [-0.4, -0.2) is 38.9 Å². The van der Waals surface area contributed by atoms with Gasteiger partial charge >= 0.3 is 0 Å². The van der Waals surface area contributed by atoms with Crippen molar-refractivity contribution in [3.63, 3.8) is 0 Å². The second-order valence-corrected chi connectivity index (χ2v) is 6.27. The Kier molecular flexibility index (Phi) is 3.48. The van der Waals surface area contributed by atoms with Crippen molar-refractivity contribution in [3.8, 4) is 11.5 Å². The van der Waals surface area contributed by atoms with Gasteiger partial charge in [0.1, 0.15) is 11.5 Å². The van der Waals surface area contributed by atoms with Gasteiger partial charge in [0.15, 0.2) is 5.82 Å². The summed E-state index contributed by atoms with van der Waals surface area (Å²) in [5.74, 6) is 2.14. The van der Waals surface area contributed by atoms with Crippen LogP contribution >= 0.6 is 0 Å². The van der Waals surface area contributed by atoms with Crippen molar-refractivity contribution in [2.45, 2.75) is 38.5 Å².